The molecule has 1 saturated heterocycles. The SMILES string of the molecule is Cc1nn(C)c(C)c1S(=O)(=O)NCC1CCN(S(C)(=O)=O)CC1. The van der Waals surface area contributed by atoms with Gasteiger partial charge in [0.1, 0.15) is 4.90 Å². The molecule has 0 radical (unpaired) electrons. The van der Waals surface area contributed by atoms with Crippen molar-refractivity contribution in [3.8, 4) is 0 Å². The van der Waals surface area contributed by atoms with Crippen LogP contribution in [0.25, 0.3) is 0 Å². The van der Waals surface area contributed by atoms with E-state index in [1.807, 2.05) is 0 Å². The van der Waals surface area contributed by atoms with E-state index in [0.29, 0.717) is 43.9 Å². The summed E-state index contributed by atoms with van der Waals surface area (Å²) in [6.45, 7) is 4.59. The first-order valence-electron chi connectivity index (χ1n) is 7.47. The van der Waals surface area contributed by atoms with Crippen LogP contribution >= 0.6 is 0 Å². The lowest BCUT2D eigenvalue weighted by Crippen LogP contribution is -2.41. The lowest BCUT2D eigenvalue weighted by Gasteiger charge is -2.30. The van der Waals surface area contributed by atoms with Gasteiger partial charge in [0, 0.05) is 26.7 Å². The number of piperidine rings is 1. The molecule has 2 rings (SSSR count). The Labute approximate surface area is 138 Å². The van der Waals surface area contributed by atoms with Crippen LogP contribution < -0.4 is 4.72 Å². The Morgan fingerprint density at radius 1 is 1.17 bits per heavy atom. The number of aryl methyl sites for hydroxylation is 2. The molecule has 1 N–H and O–H groups in total. The molecule has 1 aromatic heterocycles. The summed E-state index contributed by atoms with van der Waals surface area (Å²) in [5.41, 5.74) is 1.08. The molecule has 8 nitrogen and oxygen atoms in total. The molecule has 0 saturated carbocycles. The summed E-state index contributed by atoms with van der Waals surface area (Å²) in [4.78, 5) is 0.230. The summed E-state index contributed by atoms with van der Waals surface area (Å²) in [6, 6.07) is 0. The zero-order chi connectivity index (χ0) is 17.4. The van der Waals surface area contributed by atoms with E-state index in [4.69, 9.17) is 0 Å². The van der Waals surface area contributed by atoms with E-state index in [2.05, 4.69) is 9.82 Å². The smallest absolute Gasteiger partial charge is 0.244 e. The van der Waals surface area contributed by atoms with Crippen LogP contribution in [0.4, 0.5) is 0 Å². The van der Waals surface area contributed by atoms with Crippen molar-refractivity contribution in [1.29, 1.82) is 0 Å². The van der Waals surface area contributed by atoms with Crippen LogP contribution in [-0.2, 0) is 27.1 Å². The normalized spacial score (nSPS) is 18.4. The number of nitrogens with one attached hydrogen (secondary N) is 1. The van der Waals surface area contributed by atoms with Gasteiger partial charge in [-0.1, -0.05) is 0 Å². The monoisotopic (exact) mass is 364 g/mol. The van der Waals surface area contributed by atoms with Gasteiger partial charge in [-0.25, -0.2) is 25.9 Å². The molecule has 1 aliphatic rings. The van der Waals surface area contributed by atoms with Crippen LogP contribution in [-0.4, -0.2) is 56.8 Å². The molecule has 0 amide bonds. The van der Waals surface area contributed by atoms with Gasteiger partial charge < -0.3 is 0 Å². The number of sulfonamides is 2. The minimum Gasteiger partial charge on any atom is -0.271 e. The van der Waals surface area contributed by atoms with Crippen molar-refractivity contribution < 1.29 is 16.8 Å². The summed E-state index contributed by atoms with van der Waals surface area (Å²) < 4.78 is 53.6. The third kappa shape index (κ3) is 4.11. The van der Waals surface area contributed by atoms with Crippen LogP contribution in [0, 0.1) is 19.8 Å². The van der Waals surface area contributed by atoms with Gasteiger partial charge in [-0.05, 0) is 32.6 Å². The molecule has 0 aromatic carbocycles. The van der Waals surface area contributed by atoms with E-state index < -0.39 is 20.0 Å². The van der Waals surface area contributed by atoms with Gasteiger partial charge in [0.2, 0.25) is 20.0 Å². The van der Waals surface area contributed by atoms with Gasteiger partial charge in [0.05, 0.1) is 17.6 Å². The third-order valence-electron chi connectivity index (χ3n) is 4.32. The van der Waals surface area contributed by atoms with Crippen LogP contribution in [0.15, 0.2) is 4.90 Å². The Kier molecular flexibility index (Phi) is 5.19. The van der Waals surface area contributed by atoms with Crippen LogP contribution in [0.2, 0.25) is 0 Å². The molecule has 1 aliphatic heterocycles. The van der Waals surface area contributed by atoms with Crippen molar-refractivity contribution in [2.24, 2.45) is 13.0 Å². The van der Waals surface area contributed by atoms with Gasteiger partial charge in [-0.2, -0.15) is 5.10 Å². The standard InChI is InChI=1S/C13H24N4O4S2/c1-10-13(11(2)16(3)15-10)23(20,21)14-9-12-5-7-17(8-6-12)22(4,18)19/h12,14H,5-9H2,1-4H3. The zero-order valence-corrected chi connectivity index (χ0v) is 15.5. The average molecular weight is 364 g/mol. The summed E-state index contributed by atoms with van der Waals surface area (Å²) in [5.74, 6) is 0.139. The van der Waals surface area contributed by atoms with Crippen molar-refractivity contribution in [1.82, 2.24) is 18.8 Å². The topological polar surface area (TPSA) is 101 Å². The molecular formula is C13H24N4O4S2. The number of hydrogen-bond donors (Lipinski definition) is 1. The fourth-order valence-electron chi connectivity index (χ4n) is 2.89. The van der Waals surface area contributed by atoms with Crippen molar-refractivity contribution in [3.63, 3.8) is 0 Å². The average Bonchev–Trinajstić information content (AvgIpc) is 2.70. The Bertz CT molecular complexity index is 775. The van der Waals surface area contributed by atoms with Crippen LogP contribution in [0.1, 0.15) is 24.2 Å². The predicted molar refractivity (Wildman–Crippen MR) is 87.0 cm³/mol. The molecule has 0 unspecified atom stereocenters. The first kappa shape index (κ1) is 18.4. The molecule has 2 heterocycles. The number of hydrogen-bond acceptors (Lipinski definition) is 5. The highest BCUT2D eigenvalue weighted by molar-refractivity contribution is 7.89. The van der Waals surface area contributed by atoms with E-state index in [0.717, 1.165) is 0 Å². The number of rotatable bonds is 5. The molecule has 0 aliphatic carbocycles. The van der Waals surface area contributed by atoms with Crippen molar-refractivity contribution >= 4 is 20.0 Å². The molecule has 1 fully saturated rings. The third-order valence-corrected chi connectivity index (χ3v) is 7.29. The van der Waals surface area contributed by atoms with Gasteiger partial charge >= 0.3 is 0 Å². The van der Waals surface area contributed by atoms with Gasteiger partial charge in [-0.15, -0.1) is 0 Å². The van der Waals surface area contributed by atoms with Gasteiger partial charge in [0.15, 0.2) is 0 Å². The quantitative estimate of drug-likeness (QED) is 0.792. The van der Waals surface area contributed by atoms with Crippen molar-refractivity contribution in [2.45, 2.75) is 31.6 Å². The van der Waals surface area contributed by atoms with Crippen LogP contribution in [0.3, 0.4) is 0 Å². The van der Waals surface area contributed by atoms with E-state index in [1.54, 1.807) is 25.6 Å². The number of aromatic nitrogens is 2. The number of nitrogens with zero attached hydrogens (tertiary/aromatic N) is 3. The second-order valence-electron chi connectivity index (χ2n) is 6.08. The Hall–Kier alpha value is -0.970. The highest BCUT2D eigenvalue weighted by atomic mass is 32.2. The molecule has 10 heteroatoms. The lowest BCUT2D eigenvalue weighted by atomic mass is 9.99. The van der Waals surface area contributed by atoms with E-state index in [-0.39, 0.29) is 10.8 Å². The minimum absolute atomic E-state index is 0.139. The van der Waals surface area contributed by atoms with Crippen LogP contribution in [0.5, 0.6) is 0 Å². The first-order chi connectivity index (χ1) is 10.5. The van der Waals surface area contributed by atoms with Gasteiger partial charge in [-0.3, -0.25) is 4.68 Å². The molecular weight excluding hydrogens is 340 g/mol. The highest BCUT2D eigenvalue weighted by Crippen LogP contribution is 2.21. The summed E-state index contributed by atoms with van der Waals surface area (Å²) >= 11 is 0. The highest BCUT2D eigenvalue weighted by Gasteiger charge is 2.28. The summed E-state index contributed by atoms with van der Waals surface area (Å²) in [5, 5.41) is 4.13. The molecule has 0 bridgehead atoms. The largest absolute Gasteiger partial charge is 0.271 e. The van der Waals surface area contributed by atoms with Crippen molar-refractivity contribution in [2.75, 3.05) is 25.9 Å². The lowest BCUT2D eigenvalue weighted by molar-refractivity contribution is 0.275. The Morgan fingerprint density at radius 3 is 2.17 bits per heavy atom. The van der Waals surface area contributed by atoms with Gasteiger partial charge in [0.25, 0.3) is 0 Å². The maximum absolute atomic E-state index is 12.5. The fourth-order valence-corrected chi connectivity index (χ4v) is 5.31. The maximum atomic E-state index is 12.5. The molecule has 23 heavy (non-hydrogen) atoms. The Balaban J connectivity index is 1.99. The van der Waals surface area contributed by atoms with Crippen molar-refractivity contribution in [3.05, 3.63) is 11.4 Å². The summed E-state index contributed by atoms with van der Waals surface area (Å²) in [7, 11) is -5.06. The first-order valence-corrected chi connectivity index (χ1v) is 10.8. The van der Waals surface area contributed by atoms with E-state index >= 15 is 0 Å². The second-order valence-corrected chi connectivity index (χ2v) is 9.77. The molecule has 0 spiro atoms. The van der Waals surface area contributed by atoms with E-state index in [1.165, 1.54) is 10.6 Å². The molecule has 0 atom stereocenters. The maximum Gasteiger partial charge on any atom is 0.244 e. The molecule has 132 valence electrons. The fraction of sp³-hybridized carbons (Fsp3) is 0.769. The zero-order valence-electron chi connectivity index (χ0n) is 13.9. The second kappa shape index (κ2) is 6.50. The van der Waals surface area contributed by atoms with E-state index in [9.17, 15) is 16.8 Å². The summed E-state index contributed by atoms with van der Waals surface area (Å²) in [6.07, 6.45) is 2.51. The minimum atomic E-state index is -3.61. The molecule has 1 aromatic rings. The predicted octanol–water partition coefficient (Wildman–Crippen LogP) is -0.0132. The Morgan fingerprint density at radius 2 is 1.74 bits per heavy atom.